The van der Waals surface area contributed by atoms with Gasteiger partial charge in [0.1, 0.15) is 17.3 Å². The molecule has 3 aromatic rings. The first-order valence-electron chi connectivity index (χ1n) is 8.57. The van der Waals surface area contributed by atoms with E-state index >= 15 is 0 Å². The molecule has 0 fully saturated rings. The predicted octanol–water partition coefficient (Wildman–Crippen LogP) is 3.58. The summed E-state index contributed by atoms with van der Waals surface area (Å²) in [6.45, 7) is -0.238. The quantitative estimate of drug-likeness (QED) is 0.624. The molecule has 3 rings (SSSR count). The number of rotatable bonds is 6. The molecule has 0 saturated heterocycles. The van der Waals surface area contributed by atoms with Crippen molar-refractivity contribution >= 4 is 29.3 Å². The van der Waals surface area contributed by atoms with Gasteiger partial charge in [-0.25, -0.2) is 13.8 Å². The summed E-state index contributed by atoms with van der Waals surface area (Å²) >= 11 is 1.33. The molecule has 29 heavy (non-hydrogen) atoms. The first-order valence-corrected chi connectivity index (χ1v) is 9.80. The highest BCUT2D eigenvalue weighted by molar-refractivity contribution is 7.98. The van der Waals surface area contributed by atoms with Gasteiger partial charge < -0.3 is 10.2 Å². The van der Waals surface area contributed by atoms with E-state index in [4.69, 9.17) is 0 Å². The van der Waals surface area contributed by atoms with Crippen LogP contribution < -0.4 is 5.32 Å². The van der Waals surface area contributed by atoms with Crippen molar-refractivity contribution in [1.29, 1.82) is 0 Å². The van der Waals surface area contributed by atoms with Crippen molar-refractivity contribution in [3.05, 3.63) is 72.1 Å². The van der Waals surface area contributed by atoms with Crippen LogP contribution in [0.25, 0.3) is 5.69 Å². The maximum absolute atomic E-state index is 13.3. The van der Waals surface area contributed by atoms with Crippen molar-refractivity contribution in [3.63, 3.8) is 0 Å². The lowest BCUT2D eigenvalue weighted by atomic mass is 10.3. The minimum Gasteiger partial charge on any atom is -0.331 e. The van der Waals surface area contributed by atoms with Crippen LogP contribution in [0.1, 0.15) is 10.5 Å². The van der Waals surface area contributed by atoms with Crippen LogP contribution in [0, 0.1) is 11.6 Å². The third-order valence-corrected chi connectivity index (χ3v) is 4.70. The van der Waals surface area contributed by atoms with Gasteiger partial charge in [-0.05, 0) is 48.7 Å². The number of carbonyl (C=O) groups excluding carboxylic acids is 2. The van der Waals surface area contributed by atoms with Gasteiger partial charge >= 0.3 is 0 Å². The van der Waals surface area contributed by atoms with E-state index in [0.29, 0.717) is 16.5 Å². The fourth-order valence-corrected chi connectivity index (χ4v) is 3.26. The molecule has 150 valence electrons. The number of anilines is 1. The smallest absolute Gasteiger partial charge is 0.272 e. The van der Waals surface area contributed by atoms with Gasteiger partial charge in [0.25, 0.3) is 5.91 Å². The molecular formula is C20H18F2N4O2S. The second-order valence-electron chi connectivity index (χ2n) is 6.16. The monoisotopic (exact) mass is 416 g/mol. The molecule has 0 spiro atoms. The van der Waals surface area contributed by atoms with Gasteiger partial charge in [0.15, 0.2) is 5.16 Å². The zero-order chi connectivity index (χ0) is 21.0. The topological polar surface area (TPSA) is 67.2 Å². The van der Waals surface area contributed by atoms with Crippen LogP contribution in [-0.2, 0) is 4.79 Å². The second-order valence-corrected chi connectivity index (χ2v) is 6.94. The van der Waals surface area contributed by atoms with Gasteiger partial charge in [0.2, 0.25) is 5.91 Å². The molecule has 0 saturated carbocycles. The number of amides is 2. The number of nitrogens with one attached hydrogen (secondary N) is 1. The van der Waals surface area contributed by atoms with Crippen molar-refractivity contribution in [2.24, 2.45) is 0 Å². The van der Waals surface area contributed by atoms with Crippen LogP contribution in [0.3, 0.4) is 0 Å². The maximum atomic E-state index is 13.3. The van der Waals surface area contributed by atoms with E-state index in [1.54, 1.807) is 22.8 Å². The standard InChI is InChI=1S/C20H18F2N4O2S/c1-25(12-18(27)24-15-5-3-4-14(22)10-15)19(28)17-11-23-20(29-2)26(17)16-8-6-13(21)7-9-16/h3-11H,12H2,1-2H3,(H,24,27). The van der Waals surface area contributed by atoms with E-state index in [0.717, 1.165) is 0 Å². The zero-order valence-corrected chi connectivity index (χ0v) is 16.5. The van der Waals surface area contributed by atoms with Crippen LogP contribution in [0.4, 0.5) is 14.5 Å². The first-order chi connectivity index (χ1) is 13.9. The van der Waals surface area contributed by atoms with E-state index in [9.17, 15) is 18.4 Å². The van der Waals surface area contributed by atoms with Crippen LogP contribution >= 0.6 is 11.8 Å². The molecule has 0 radical (unpaired) electrons. The Morgan fingerprint density at radius 3 is 2.52 bits per heavy atom. The fraction of sp³-hybridized carbons (Fsp3) is 0.150. The maximum Gasteiger partial charge on any atom is 0.272 e. The number of imidazole rings is 1. The Bertz CT molecular complexity index is 1040. The lowest BCUT2D eigenvalue weighted by Crippen LogP contribution is -2.35. The van der Waals surface area contributed by atoms with Crippen LogP contribution in [-0.4, -0.2) is 46.1 Å². The second kappa shape index (κ2) is 8.87. The summed E-state index contributed by atoms with van der Waals surface area (Å²) in [7, 11) is 1.48. The predicted molar refractivity (Wildman–Crippen MR) is 107 cm³/mol. The number of nitrogens with zero attached hydrogens (tertiary/aromatic N) is 3. The Labute approximate surface area is 170 Å². The summed E-state index contributed by atoms with van der Waals surface area (Å²) < 4.78 is 28.1. The summed E-state index contributed by atoms with van der Waals surface area (Å²) in [5, 5.41) is 3.10. The Morgan fingerprint density at radius 1 is 1.14 bits per heavy atom. The lowest BCUT2D eigenvalue weighted by molar-refractivity contribution is -0.116. The SMILES string of the molecule is CSc1ncc(C(=O)N(C)CC(=O)Nc2cccc(F)c2)n1-c1ccc(F)cc1. The molecule has 0 aliphatic carbocycles. The third-order valence-electron chi connectivity index (χ3n) is 4.05. The molecule has 1 aromatic heterocycles. The molecule has 0 aliphatic heterocycles. The Kier molecular flexibility index (Phi) is 6.28. The fourth-order valence-electron chi connectivity index (χ4n) is 2.72. The number of hydrogen-bond acceptors (Lipinski definition) is 4. The summed E-state index contributed by atoms with van der Waals surface area (Å²) in [6.07, 6.45) is 3.23. The Hall–Kier alpha value is -3.20. The number of halogens is 2. The normalized spacial score (nSPS) is 10.6. The van der Waals surface area contributed by atoms with E-state index < -0.39 is 23.4 Å². The largest absolute Gasteiger partial charge is 0.331 e. The number of aromatic nitrogens is 2. The number of carbonyl (C=O) groups is 2. The van der Waals surface area contributed by atoms with Crippen molar-refractivity contribution < 1.29 is 18.4 Å². The summed E-state index contributed by atoms with van der Waals surface area (Å²) in [4.78, 5) is 30.6. The van der Waals surface area contributed by atoms with E-state index in [2.05, 4.69) is 10.3 Å². The molecule has 9 heteroatoms. The molecule has 0 aliphatic rings. The van der Waals surface area contributed by atoms with Crippen LogP contribution in [0.5, 0.6) is 0 Å². The number of thioether (sulfide) groups is 1. The van der Waals surface area contributed by atoms with E-state index in [1.165, 1.54) is 60.2 Å². The lowest BCUT2D eigenvalue weighted by Gasteiger charge is -2.18. The summed E-state index contributed by atoms with van der Waals surface area (Å²) in [5.41, 5.74) is 1.12. The first kappa shape index (κ1) is 20.5. The number of likely N-dealkylation sites (N-methyl/N-ethyl adjacent to an activating group) is 1. The van der Waals surface area contributed by atoms with Gasteiger partial charge in [-0.1, -0.05) is 17.8 Å². The Morgan fingerprint density at radius 2 is 1.86 bits per heavy atom. The summed E-state index contributed by atoms with van der Waals surface area (Å²) in [5.74, 6) is -1.76. The number of benzene rings is 2. The molecule has 0 unspecified atom stereocenters. The third kappa shape index (κ3) is 4.80. The highest BCUT2D eigenvalue weighted by Gasteiger charge is 2.22. The van der Waals surface area contributed by atoms with Gasteiger partial charge in [-0.2, -0.15) is 0 Å². The highest BCUT2D eigenvalue weighted by Crippen LogP contribution is 2.23. The Balaban J connectivity index is 1.78. The molecule has 0 bridgehead atoms. The molecule has 1 heterocycles. The zero-order valence-electron chi connectivity index (χ0n) is 15.7. The average Bonchev–Trinajstić information content (AvgIpc) is 3.11. The highest BCUT2D eigenvalue weighted by atomic mass is 32.2. The van der Waals surface area contributed by atoms with Crippen molar-refractivity contribution in [2.45, 2.75) is 5.16 Å². The van der Waals surface area contributed by atoms with Crippen LogP contribution in [0.2, 0.25) is 0 Å². The van der Waals surface area contributed by atoms with Gasteiger partial charge in [-0.15, -0.1) is 0 Å². The summed E-state index contributed by atoms with van der Waals surface area (Å²) in [6, 6.07) is 11.2. The van der Waals surface area contributed by atoms with Crippen LogP contribution in [0.15, 0.2) is 59.9 Å². The van der Waals surface area contributed by atoms with Gasteiger partial charge in [0.05, 0.1) is 12.7 Å². The number of hydrogen-bond donors (Lipinski definition) is 1. The molecule has 0 atom stereocenters. The van der Waals surface area contributed by atoms with Crippen molar-refractivity contribution in [1.82, 2.24) is 14.5 Å². The van der Waals surface area contributed by atoms with Crippen molar-refractivity contribution in [3.8, 4) is 5.69 Å². The average molecular weight is 416 g/mol. The molecular weight excluding hydrogens is 398 g/mol. The molecule has 1 N–H and O–H groups in total. The minimum absolute atomic E-state index is 0.238. The minimum atomic E-state index is -0.472. The molecule has 2 aromatic carbocycles. The molecule has 2 amide bonds. The van der Waals surface area contributed by atoms with E-state index in [-0.39, 0.29) is 12.2 Å². The van der Waals surface area contributed by atoms with E-state index in [1.807, 2.05) is 6.26 Å². The van der Waals surface area contributed by atoms with Crippen molar-refractivity contribution in [2.75, 3.05) is 25.2 Å². The molecule has 6 nitrogen and oxygen atoms in total. The van der Waals surface area contributed by atoms with Gasteiger partial charge in [0, 0.05) is 18.4 Å². The van der Waals surface area contributed by atoms with Gasteiger partial charge in [-0.3, -0.25) is 14.2 Å².